The maximum atomic E-state index is 12.8. The molecule has 1 heterocycles. The van der Waals surface area contributed by atoms with Gasteiger partial charge in [-0.25, -0.2) is 13.2 Å². The summed E-state index contributed by atoms with van der Waals surface area (Å²) in [6.07, 6.45) is 2.11. The number of sulfonamides is 1. The van der Waals surface area contributed by atoms with Gasteiger partial charge in [-0.3, -0.25) is 14.4 Å². The number of carbonyl (C=O) groups is 4. The van der Waals surface area contributed by atoms with Crippen LogP contribution in [0.2, 0.25) is 0 Å². The Morgan fingerprint density at radius 2 is 1.69 bits per heavy atom. The first-order valence-corrected chi connectivity index (χ1v) is 11.6. The van der Waals surface area contributed by atoms with Crippen LogP contribution in [-0.4, -0.2) is 70.5 Å². The van der Waals surface area contributed by atoms with Gasteiger partial charge >= 0.3 is 17.9 Å². The zero-order valence-corrected chi connectivity index (χ0v) is 18.1. The Balaban J connectivity index is 2.01. The third-order valence-corrected chi connectivity index (χ3v) is 7.12. The predicted octanol–water partition coefficient (Wildman–Crippen LogP) is 1.14. The summed E-state index contributed by atoms with van der Waals surface area (Å²) >= 11 is 0. The summed E-state index contributed by atoms with van der Waals surface area (Å²) in [5, 5.41) is 29.5. The first-order valence-electron chi connectivity index (χ1n) is 10.1. The number of nitrogens with zero attached hydrogens (tertiary/aromatic N) is 1. The normalized spacial score (nSPS) is 17.6. The molecule has 0 bridgehead atoms. The molecule has 1 fully saturated rings. The number of benzene rings is 1. The molecule has 1 aromatic carbocycles. The molecule has 32 heavy (non-hydrogen) atoms. The Kier molecular flexibility index (Phi) is 8.72. The molecule has 0 radical (unpaired) electrons. The second kappa shape index (κ2) is 11.0. The van der Waals surface area contributed by atoms with E-state index in [0.29, 0.717) is 25.7 Å². The van der Waals surface area contributed by atoms with E-state index in [1.807, 2.05) is 0 Å². The second-order valence-corrected chi connectivity index (χ2v) is 9.38. The summed E-state index contributed by atoms with van der Waals surface area (Å²) in [4.78, 5) is 45.5. The van der Waals surface area contributed by atoms with Gasteiger partial charge in [0, 0.05) is 18.5 Å². The van der Waals surface area contributed by atoms with Gasteiger partial charge < -0.3 is 20.6 Å². The Labute approximate surface area is 185 Å². The molecular weight excluding hydrogens is 444 g/mol. The second-order valence-electron chi connectivity index (χ2n) is 7.49. The molecule has 1 aromatic rings. The van der Waals surface area contributed by atoms with E-state index in [-0.39, 0.29) is 36.3 Å². The van der Waals surface area contributed by atoms with Crippen molar-refractivity contribution in [3.05, 3.63) is 29.8 Å². The van der Waals surface area contributed by atoms with Crippen LogP contribution in [0.25, 0.3) is 0 Å². The Hall–Kier alpha value is -2.99. The molecule has 1 unspecified atom stereocenters. The van der Waals surface area contributed by atoms with Crippen LogP contribution in [0, 0.1) is 0 Å². The number of hydrogen-bond acceptors (Lipinski definition) is 6. The van der Waals surface area contributed by atoms with Crippen LogP contribution in [0.1, 0.15) is 55.3 Å². The van der Waals surface area contributed by atoms with Crippen molar-refractivity contribution >= 4 is 33.8 Å². The van der Waals surface area contributed by atoms with E-state index in [2.05, 4.69) is 5.32 Å². The lowest BCUT2D eigenvalue weighted by Crippen LogP contribution is -2.41. The smallest absolute Gasteiger partial charge is 0.326 e. The molecule has 1 aliphatic rings. The van der Waals surface area contributed by atoms with Crippen LogP contribution in [-0.2, 0) is 24.4 Å². The van der Waals surface area contributed by atoms with Gasteiger partial charge in [0.2, 0.25) is 10.0 Å². The molecule has 1 saturated heterocycles. The molecule has 2 atom stereocenters. The van der Waals surface area contributed by atoms with Gasteiger partial charge in [0.05, 0.1) is 4.90 Å². The molecule has 0 aromatic heterocycles. The molecule has 0 spiro atoms. The summed E-state index contributed by atoms with van der Waals surface area (Å²) in [7, 11) is -4.05. The third-order valence-electron chi connectivity index (χ3n) is 5.20. The third kappa shape index (κ3) is 6.50. The molecule has 4 N–H and O–H groups in total. The van der Waals surface area contributed by atoms with E-state index in [0.717, 1.165) is 4.31 Å². The molecule has 1 amide bonds. The van der Waals surface area contributed by atoms with E-state index in [1.54, 1.807) is 0 Å². The highest BCUT2D eigenvalue weighted by atomic mass is 32.2. The van der Waals surface area contributed by atoms with Crippen LogP contribution in [0.3, 0.4) is 0 Å². The minimum Gasteiger partial charge on any atom is -0.481 e. The van der Waals surface area contributed by atoms with Crippen molar-refractivity contribution in [2.75, 3.05) is 6.54 Å². The average Bonchev–Trinajstić information content (AvgIpc) is 3.23. The van der Waals surface area contributed by atoms with Gasteiger partial charge in [-0.05, 0) is 49.9 Å². The minimum absolute atomic E-state index is 0.00993. The lowest BCUT2D eigenvalue weighted by atomic mass is 10.1. The van der Waals surface area contributed by atoms with Gasteiger partial charge in [-0.15, -0.1) is 0 Å². The van der Waals surface area contributed by atoms with Gasteiger partial charge in [0.15, 0.2) is 0 Å². The van der Waals surface area contributed by atoms with E-state index >= 15 is 0 Å². The SMILES string of the molecule is O=C(O)CCCCCC(NC(=O)c1ccc(S(=O)(=O)N2CCC[C@@H]2C(=O)O)cc1)C(=O)O. The van der Waals surface area contributed by atoms with Crippen molar-refractivity contribution in [2.45, 2.75) is 61.9 Å². The number of nitrogens with one attached hydrogen (secondary N) is 1. The predicted molar refractivity (Wildman–Crippen MR) is 111 cm³/mol. The summed E-state index contributed by atoms with van der Waals surface area (Å²) in [6, 6.07) is 2.54. The topological polar surface area (TPSA) is 178 Å². The fraction of sp³-hybridized carbons (Fsp3) is 0.500. The summed E-state index contributed by atoms with van der Waals surface area (Å²) in [5.74, 6) is -4.08. The zero-order chi connectivity index (χ0) is 23.9. The van der Waals surface area contributed by atoms with Crippen LogP contribution in [0.5, 0.6) is 0 Å². The molecule has 2 rings (SSSR count). The maximum absolute atomic E-state index is 12.8. The first kappa shape index (κ1) is 25.3. The van der Waals surface area contributed by atoms with E-state index in [4.69, 9.17) is 5.11 Å². The van der Waals surface area contributed by atoms with Gasteiger partial charge in [0.25, 0.3) is 5.91 Å². The largest absolute Gasteiger partial charge is 0.481 e. The summed E-state index contributed by atoms with van der Waals surface area (Å²) in [6.45, 7) is 0.0916. The fourth-order valence-electron chi connectivity index (χ4n) is 3.49. The van der Waals surface area contributed by atoms with Gasteiger partial charge in [-0.2, -0.15) is 4.31 Å². The highest BCUT2D eigenvalue weighted by molar-refractivity contribution is 7.89. The van der Waals surface area contributed by atoms with Crippen molar-refractivity contribution in [1.82, 2.24) is 9.62 Å². The molecular formula is C20H26N2O9S. The number of rotatable bonds is 12. The van der Waals surface area contributed by atoms with E-state index in [1.165, 1.54) is 24.3 Å². The molecule has 11 nitrogen and oxygen atoms in total. The van der Waals surface area contributed by atoms with Crippen LogP contribution in [0.15, 0.2) is 29.2 Å². The molecule has 0 saturated carbocycles. The van der Waals surface area contributed by atoms with Crippen molar-refractivity contribution in [1.29, 1.82) is 0 Å². The highest BCUT2D eigenvalue weighted by Gasteiger charge is 2.39. The quantitative estimate of drug-likeness (QED) is 0.326. The van der Waals surface area contributed by atoms with E-state index < -0.39 is 45.9 Å². The van der Waals surface area contributed by atoms with Crippen molar-refractivity contribution in [3.8, 4) is 0 Å². The fourth-order valence-corrected chi connectivity index (χ4v) is 5.14. The van der Waals surface area contributed by atoms with E-state index in [9.17, 15) is 37.8 Å². The molecule has 1 aliphatic heterocycles. The Morgan fingerprint density at radius 1 is 1.03 bits per heavy atom. The molecule has 176 valence electrons. The molecule has 0 aliphatic carbocycles. The van der Waals surface area contributed by atoms with Gasteiger partial charge in [-0.1, -0.05) is 12.8 Å². The van der Waals surface area contributed by atoms with Crippen LogP contribution >= 0.6 is 0 Å². The molecule has 12 heteroatoms. The average molecular weight is 471 g/mol. The van der Waals surface area contributed by atoms with Crippen LogP contribution < -0.4 is 5.32 Å². The lowest BCUT2D eigenvalue weighted by molar-refractivity contribution is -0.141. The Bertz CT molecular complexity index is 960. The highest BCUT2D eigenvalue weighted by Crippen LogP contribution is 2.26. The lowest BCUT2D eigenvalue weighted by Gasteiger charge is -2.21. The minimum atomic E-state index is -4.05. The number of hydrogen-bond donors (Lipinski definition) is 4. The zero-order valence-electron chi connectivity index (χ0n) is 17.3. The number of amides is 1. The van der Waals surface area contributed by atoms with Gasteiger partial charge in [0.1, 0.15) is 12.1 Å². The standard InChI is InChI=1S/C20H26N2O9S/c23-17(24)7-3-1-2-5-15(19(26)27)21-18(25)13-8-10-14(11-9-13)32(30,31)22-12-4-6-16(22)20(28)29/h8-11,15-16H,1-7,12H2,(H,21,25)(H,23,24)(H,26,27)(H,28,29)/t15?,16-/m1/s1. The summed E-state index contributed by atoms with van der Waals surface area (Å²) < 4.78 is 26.4. The monoisotopic (exact) mass is 470 g/mol. The Morgan fingerprint density at radius 3 is 2.25 bits per heavy atom. The summed E-state index contributed by atoms with van der Waals surface area (Å²) in [5.41, 5.74) is 0.0530. The maximum Gasteiger partial charge on any atom is 0.326 e. The number of unbranched alkanes of at least 4 members (excludes halogenated alkanes) is 2. The van der Waals surface area contributed by atoms with Crippen molar-refractivity contribution in [3.63, 3.8) is 0 Å². The number of carboxylic acid groups (broad SMARTS) is 3. The van der Waals surface area contributed by atoms with Crippen LogP contribution in [0.4, 0.5) is 0 Å². The number of aliphatic carboxylic acids is 3. The number of carboxylic acids is 3. The number of carbonyl (C=O) groups excluding carboxylic acids is 1. The van der Waals surface area contributed by atoms with Crippen molar-refractivity contribution < 1.29 is 42.9 Å². The first-order chi connectivity index (χ1) is 15.0. The van der Waals surface area contributed by atoms with Crippen molar-refractivity contribution in [2.24, 2.45) is 0 Å².